The third kappa shape index (κ3) is 16.7. The number of methoxy groups -OCH3 is 2. The average Bonchev–Trinajstić information content (AvgIpc) is 3.09. The summed E-state index contributed by atoms with van der Waals surface area (Å²) in [6, 6.07) is 16.5. The highest BCUT2D eigenvalue weighted by molar-refractivity contribution is 5.76. The molecule has 2 atom stereocenters. The van der Waals surface area contributed by atoms with Gasteiger partial charge in [-0.15, -0.1) is 0 Å². The number of benzene rings is 3. The Balaban J connectivity index is 0.000000452. The molecular weight excluding hydrogens is 634 g/mol. The lowest BCUT2D eigenvalue weighted by Crippen LogP contribution is -2.24. The van der Waals surface area contributed by atoms with Gasteiger partial charge in [-0.25, -0.2) is 0 Å². The van der Waals surface area contributed by atoms with Gasteiger partial charge in [0.05, 0.1) is 20.1 Å². The molecule has 0 aromatic heterocycles. The topological polar surface area (TPSA) is 170 Å². The number of phenols is 2. The number of ether oxygens (including phenoxy) is 2. The smallest absolute Gasteiger partial charge is 0.311 e. The Kier molecular flexibility index (Phi) is 20.6. The molecule has 11 heteroatoms. The second kappa shape index (κ2) is 24.3. The van der Waals surface area contributed by atoms with Gasteiger partial charge in [0.15, 0.2) is 23.0 Å². The van der Waals surface area contributed by atoms with E-state index in [2.05, 4.69) is 21.3 Å². The standard InChI is InChI=1S/C26H42N4O4.C13H19NO2/c1-33-25-17-21(7-9-23(25)31)19-29-15-5-13-27-11-3-4-12-28-14-6-16-30-20-22-8-10-24(32)26(18-22)34-2;1-8-4-5-11(6-9(8)2)12(13(15)16)7-10(3)14/h7-10,17-18,27-32H,3-6,11-16,19-20H2,1-2H3;4-6,10,12H,7,14H2,1-3H3,(H,15,16). The first-order valence-corrected chi connectivity index (χ1v) is 17.7. The van der Waals surface area contributed by atoms with Crippen molar-refractivity contribution < 1.29 is 29.6 Å². The highest BCUT2D eigenvalue weighted by Gasteiger charge is 2.21. The third-order valence-electron chi connectivity index (χ3n) is 8.36. The number of phenolic OH excluding ortho intramolecular Hbond substituents is 2. The van der Waals surface area contributed by atoms with E-state index in [4.69, 9.17) is 15.2 Å². The number of hydrogen-bond donors (Lipinski definition) is 8. The predicted molar refractivity (Wildman–Crippen MR) is 201 cm³/mol. The van der Waals surface area contributed by atoms with Crippen LogP contribution in [-0.2, 0) is 17.9 Å². The van der Waals surface area contributed by atoms with Crippen LogP contribution >= 0.6 is 0 Å². The molecule has 0 amide bonds. The lowest BCUT2D eigenvalue weighted by Gasteiger charge is -2.16. The van der Waals surface area contributed by atoms with E-state index in [0.717, 1.165) is 87.5 Å². The first-order chi connectivity index (χ1) is 24.0. The summed E-state index contributed by atoms with van der Waals surface area (Å²) in [5.74, 6) is 0.0654. The molecule has 0 heterocycles. The summed E-state index contributed by atoms with van der Waals surface area (Å²) in [4.78, 5) is 11.2. The normalized spacial score (nSPS) is 12.1. The van der Waals surface area contributed by atoms with Gasteiger partial charge in [0.2, 0.25) is 0 Å². The number of aliphatic carboxylic acids is 1. The summed E-state index contributed by atoms with van der Waals surface area (Å²) in [6.45, 7) is 13.4. The number of aromatic hydroxyl groups is 2. The number of unbranched alkanes of at least 4 members (excludes halogenated alkanes) is 1. The monoisotopic (exact) mass is 695 g/mol. The fourth-order valence-corrected chi connectivity index (χ4v) is 5.29. The number of hydrogen-bond acceptors (Lipinski definition) is 10. The number of carboxylic acids is 1. The Morgan fingerprint density at radius 3 is 1.56 bits per heavy atom. The van der Waals surface area contributed by atoms with Gasteiger partial charge >= 0.3 is 5.97 Å². The molecule has 0 aliphatic rings. The highest BCUT2D eigenvalue weighted by Crippen LogP contribution is 2.27. The number of nitrogens with two attached hydrogens (primary N) is 1. The van der Waals surface area contributed by atoms with Crippen LogP contribution in [0.4, 0.5) is 0 Å². The molecule has 0 spiro atoms. The van der Waals surface area contributed by atoms with Crippen LogP contribution in [0.25, 0.3) is 0 Å². The molecule has 0 bridgehead atoms. The molecule has 3 aromatic carbocycles. The molecule has 3 aromatic rings. The van der Waals surface area contributed by atoms with Gasteiger partial charge in [0, 0.05) is 19.1 Å². The minimum absolute atomic E-state index is 0.109. The molecule has 0 aliphatic heterocycles. The Hall–Kier alpha value is -3.87. The zero-order valence-corrected chi connectivity index (χ0v) is 30.7. The van der Waals surface area contributed by atoms with Crippen molar-refractivity contribution in [2.45, 2.75) is 77.9 Å². The van der Waals surface area contributed by atoms with Crippen LogP contribution in [-0.4, -0.2) is 80.8 Å². The van der Waals surface area contributed by atoms with Crippen molar-refractivity contribution in [3.05, 3.63) is 82.4 Å². The summed E-state index contributed by atoms with van der Waals surface area (Å²) < 4.78 is 10.3. The number of carbonyl (C=O) groups is 1. The minimum atomic E-state index is -0.805. The molecule has 9 N–H and O–H groups in total. The first kappa shape index (κ1) is 42.3. The number of rotatable bonds is 23. The van der Waals surface area contributed by atoms with Gasteiger partial charge in [0.25, 0.3) is 0 Å². The molecule has 0 saturated carbocycles. The molecule has 50 heavy (non-hydrogen) atoms. The molecule has 0 fully saturated rings. The van der Waals surface area contributed by atoms with Crippen molar-refractivity contribution >= 4 is 5.97 Å². The van der Waals surface area contributed by atoms with E-state index < -0.39 is 11.9 Å². The van der Waals surface area contributed by atoms with Gasteiger partial charge in [-0.3, -0.25) is 4.79 Å². The van der Waals surface area contributed by atoms with Crippen LogP contribution in [0, 0.1) is 13.8 Å². The van der Waals surface area contributed by atoms with E-state index in [1.807, 2.05) is 63.2 Å². The van der Waals surface area contributed by atoms with Gasteiger partial charge in [-0.2, -0.15) is 0 Å². The van der Waals surface area contributed by atoms with Gasteiger partial charge in [-0.05, 0) is 144 Å². The fraction of sp³-hybridized carbons (Fsp3) is 0.513. The van der Waals surface area contributed by atoms with E-state index in [9.17, 15) is 20.1 Å². The van der Waals surface area contributed by atoms with Crippen molar-refractivity contribution in [3.63, 3.8) is 0 Å². The van der Waals surface area contributed by atoms with E-state index in [0.29, 0.717) is 17.9 Å². The van der Waals surface area contributed by atoms with Crippen LogP contribution < -0.4 is 36.5 Å². The predicted octanol–water partition coefficient (Wildman–Crippen LogP) is 4.94. The summed E-state index contributed by atoms with van der Waals surface area (Å²) in [5, 5.41) is 42.3. The average molecular weight is 696 g/mol. The van der Waals surface area contributed by atoms with Crippen LogP contribution in [0.1, 0.15) is 72.8 Å². The van der Waals surface area contributed by atoms with Crippen LogP contribution in [0.2, 0.25) is 0 Å². The Bertz CT molecular complexity index is 1340. The summed E-state index contributed by atoms with van der Waals surface area (Å²) in [5.41, 5.74) is 11.0. The van der Waals surface area contributed by atoms with Gasteiger partial charge < -0.3 is 51.8 Å². The second-order valence-electron chi connectivity index (χ2n) is 12.7. The number of aryl methyl sites for hydroxylation is 2. The maximum atomic E-state index is 11.2. The lowest BCUT2D eigenvalue weighted by molar-refractivity contribution is -0.139. The molecule has 0 saturated heterocycles. The van der Waals surface area contributed by atoms with E-state index >= 15 is 0 Å². The molecule has 0 aliphatic carbocycles. The largest absolute Gasteiger partial charge is 0.504 e. The van der Waals surface area contributed by atoms with Gasteiger partial charge in [-0.1, -0.05) is 30.3 Å². The second-order valence-corrected chi connectivity index (χ2v) is 12.7. The van der Waals surface area contributed by atoms with E-state index in [1.54, 1.807) is 26.4 Å². The Labute approximate surface area is 299 Å². The maximum absolute atomic E-state index is 11.2. The maximum Gasteiger partial charge on any atom is 0.311 e. The van der Waals surface area contributed by atoms with E-state index in [-0.39, 0.29) is 17.5 Å². The molecular formula is C39H61N5O6. The molecule has 278 valence electrons. The molecule has 11 nitrogen and oxygen atoms in total. The van der Waals surface area contributed by atoms with Crippen molar-refractivity contribution in [1.29, 1.82) is 0 Å². The molecule has 0 radical (unpaired) electrons. The SMILES string of the molecule is COc1cc(CNCCCNCCCCNCCCNCc2ccc(O)c(OC)c2)ccc1O.Cc1ccc(C(CC(C)N)C(=O)O)cc1C. The van der Waals surface area contributed by atoms with Crippen molar-refractivity contribution in [2.75, 3.05) is 53.5 Å². The van der Waals surface area contributed by atoms with Crippen molar-refractivity contribution in [2.24, 2.45) is 5.73 Å². The van der Waals surface area contributed by atoms with Crippen LogP contribution in [0.5, 0.6) is 23.0 Å². The quantitative estimate of drug-likeness (QED) is 0.0632. The fourth-order valence-electron chi connectivity index (χ4n) is 5.29. The zero-order chi connectivity index (χ0) is 36.7. The minimum Gasteiger partial charge on any atom is -0.504 e. The van der Waals surface area contributed by atoms with E-state index in [1.165, 1.54) is 18.4 Å². The van der Waals surface area contributed by atoms with Crippen LogP contribution in [0.3, 0.4) is 0 Å². The van der Waals surface area contributed by atoms with Crippen molar-refractivity contribution in [1.82, 2.24) is 21.3 Å². The Morgan fingerprint density at radius 1 is 0.680 bits per heavy atom. The number of carboxylic acid groups (broad SMARTS) is 1. The summed E-state index contributed by atoms with van der Waals surface area (Å²) >= 11 is 0. The highest BCUT2D eigenvalue weighted by atomic mass is 16.5. The van der Waals surface area contributed by atoms with Crippen LogP contribution in [0.15, 0.2) is 54.6 Å². The summed E-state index contributed by atoms with van der Waals surface area (Å²) in [7, 11) is 3.12. The number of nitrogens with one attached hydrogen (secondary N) is 4. The van der Waals surface area contributed by atoms with Gasteiger partial charge in [0.1, 0.15) is 0 Å². The van der Waals surface area contributed by atoms with Crippen molar-refractivity contribution in [3.8, 4) is 23.0 Å². The third-order valence-corrected chi connectivity index (χ3v) is 8.36. The first-order valence-electron chi connectivity index (χ1n) is 17.7. The zero-order valence-electron chi connectivity index (χ0n) is 30.7. The lowest BCUT2D eigenvalue weighted by atomic mass is 9.91. The molecule has 3 rings (SSSR count). The molecule has 2 unspecified atom stereocenters. The Morgan fingerprint density at radius 2 is 1.14 bits per heavy atom. The summed E-state index contributed by atoms with van der Waals surface area (Å²) in [6.07, 6.45) is 4.98.